The van der Waals surface area contributed by atoms with E-state index in [1.807, 2.05) is 6.07 Å². The van der Waals surface area contributed by atoms with Crippen molar-refractivity contribution in [3.63, 3.8) is 0 Å². The molecular formula is C16H15Cl2FN2O. The summed E-state index contributed by atoms with van der Waals surface area (Å²) in [6, 6.07) is 11.2. The first-order chi connectivity index (χ1) is 10.4. The SMILES string of the molecule is CN(CC(=O)Nc1ccc(Cl)c(Cl)c1)Cc1cccc(F)c1. The highest BCUT2D eigenvalue weighted by Gasteiger charge is 2.09. The summed E-state index contributed by atoms with van der Waals surface area (Å²) >= 11 is 11.7. The predicted octanol–water partition coefficient (Wildman–Crippen LogP) is 4.20. The summed E-state index contributed by atoms with van der Waals surface area (Å²) in [4.78, 5) is 13.8. The van der Waals surface area contributed by atoms with Gasteiger partial charge in [-0.2, -0.15) is 0 Å². The third kappa shape index (κ3) is 4.98. The molecule has 6 heteroatoms. The number of carbonyl (C=O) groups is 1. The zero-order valence-electron chi connectivity index (χ0n) is 11.9. The van der Waals surface area contributed by atoms with E-state index in [0.717, 1.165) is 5.56 Å². The Balaban J connectivity index is 1.89. The molecule has 0 aromatic heterocycles. The molecule has 0 saturated heterocycles. The number of benzene rings is 2. The van der Waals surface area contributed by atoms with Gasteiger partial charge in [0.05, 0.1) is 16.6 Å². The van der Waals surface area contributed by atoms with Gasteiger partial charge in [-0.25, -0.2) is 4.39 Å². The van der Waals surface area contributed by atoms with Crippen molar-refractivity contribution in [2.75, 3.05) is 18.9 Å². The molecule has 0 aliphatic rings. The van der Waals surface area contributed by atoms with Gasteiger partial charge in [0, 0.05) is 12.2 Å². The zero-order valence-corrected chi connectivity index (χ0v) is 13.5. The summed E-state index contributed by atoms with van der Waals surface area (Å²) in [6.45, 7) is 0.656. The van der Waals surface area contributed by atoms with Crippen molar-refractivity contribution in [3.8, 4) is 0 Å². The molecule has 0 saturated carbocycles. The number of anilines is 1. The Morgan fingerprint density at radius 1 is 1.18 bits per heavy atom. The molecule has 2 aromatic carbocycles. The van der Waals surface area contributed by atoms with Gasteiger partial charge in [-0.05, 0) is 42.9 Å². The Hall–Kier alpha value is -1.62. The quantitative estimate of drug-likeness (QED) is 0.884. The minimum absolute atomic E-state index is 0.177. The Bertz CT molecular complexity index is 679. The molecule has 1 N–H and O–H groups in total. The van der Waals surface area contributed by atoms with Gasteiger partial charge in [-0.3, -0.25) is 9.69 Å². The third-order valence-electron chi connectivity index (χ3n) is 2.96. The van der Waals surface area contributed by atoms with Crippen molar-refractivity contribution in [1.29, 1.82) is 0 Å². The maximum atomic E-state index is 13.1. The van der Waals surface area contributed by atoms with Crippen molar-refractivity contribution in [3.05, 3.63) is 63.9 Å². The lowest BCUT2D eigenvalue weighted by Crippen LogP contribution is -2.29. The summed E-state index contributed by atoms with van der Waals surface area (Å²) in [5, 5.41) is 3.56. The Kier molecular flexibility index (Phi) is 5.77. The fourth-order valence-corrected chi connectivity index (χ4v) is 2.32. The van der Waals surface area contributed by atoms with Gasteiger partial charge in [0.1, 0.15) is 5.82 Å². The largest absolute Gasteiger partial charge is 0.325 e. The molecule has 0 unspecified atom stereocenters. The second-order valence-electron chi connectivity index (χ2n) is 4.98. The molecule has 22 heavy (non-hydrogen) atoms. The lowest BCUT2D eigenvalue weighted by Gasteiger charge is -2.16. The number of hydrogen-bond acceptors (Lipinski definition) is 2. The van der Waals surface area contributed by atoms with Crippen LogP contribution in [0.3, 0.4) is 0 Å². The highest BCUT2D eigenvalue weighted by molar-refractivity contribution is 6.42. The molecular weight excluding hydrogens is 326 g/mol. The van der Waals surface area contributed by atoms with E-state index in [1.165, 1.54) is 12.1 Å². The predicted molar refractivity (Wildman–Crippen MR) is 87.8 cm³/mol. The molecule has 0 fully saturated rings. The van der Waals surface area contributed by atoms with E-state index in [2.05, 4.69) is 5.32 Å². The molecule has 2 rings (SSSR count). The average molecular weight is 341 g/mol. The maximum absolute atomic E-state index is 13.1. The van der Waals surface area contributed by atoms with E-state index >= 15 is 0 Å². The molecule has 2 aromatic rings. The summed E-state index contributed by atoms with van der Waals surface area (Å²) in [5.41, 5.74) is 1.39. The Morgan fingerprint density at radius 2 is 1.95 bits per heavy atom. The number of amides is 1. The van der Waals surface area contributed by atoms with Crippen LogP contribution in [0.4, 0.5) is 10.1 Å². The zero-order chi connectivity index (χ0) is 16.1. The smallest absolute Gasteiger partial charge is 0.238 e. The van der Waals surface area contributed by atoms with Gasteiger partial charge in [0.2, 0.25) is 5.91 Å². The topological polar surface area (TPSA) is 32.3 Å². The Morgan fingerprint density at radius 3 is 2.64 bits per heavy atom. The van der Waals surface area contributed by atoms with Crippen molar-refractivity contribution in [2.24, 2.45) is 0 Å². The molecule has 0 aliphatic heterocycles. The van der Waals surface area contributed by atoms with Crippen LogP contribution in [0.2, 0.25) is 10.0 Å². The van der Waals surface area contributed by atoms with Gasteiger partial charge in [0.25, 0.3) is 0 Å². The van der Waals surface area contributed by atoms with Crippen LogP contribution in [0, 0.1) is 5.82 Å². The van der Waals surface area contributed by atoms with Crippen LogP contribution in [-0.2, 0) is 11.3 Å². The second-order valence-corrected chi connectivity index (χ2v) is 5.79. The number of halogens is 3. The normalized spacial score (nSPS) is 10.8. The van der Waals surface area contributed by atoms with E-state index in [1.54, 1.807) is 36.2 Å². The second kappa shape index (κ2) is 7.58. The van der Waals surface area contributed by atoms with Crippen molar-refractivity contribution in [2.45, 2.75) is 6.54 Å². The number of likely N-dealkylation sites (N-methyl/N-ethyl adjacent to an activating group) is 1. The van der Waals surface area contributed by atoms with Crippen LogP contribution in [-0.4, -0.2) is 24.4 Å². The van der Waals surface area contributed by atoms with Gasteiger partial charge < -0.3 is 5.32 Å². The van der Waals surface area contributed by atoms with E-state index in [0.29, 0.717) is 22.3 Å². The molecule has 3 nitrogen and oxygen atoms in total. The van der Waals surface area contributed by atoms with E-state index in [9.17, 15) is 9.18 Å². The van der Waals surface area contributed by atoms with Gasteiger partial charge in [-0.15, -0.1) is 0 Å². The monoisotopic (exact) mass is 340 g/mol. The molecule has 0 spiro atoms. The van der Waals surface area contributed by atoms with Gasteiger partial charge in [-0.1, -0.05) is 35.3 Å². The molecule has 0 radical (unpaired) electrons. The highest BCUT2D eigenvalue weighted by Crippen LogP contribution is 2.24. The van der Waals surface area contributed by atoms with Crippen LogP contribution in [0.5, 0.6) is 0 Å². The summed E-state index contributed by atoms with van der Waals surface area (Å²) in [6.07, 6.45) is 0. The number of rotatable bonds is 5. The molecule has 0 aliphatic carbocycles. The number of hydrogen-bond donors (Lipinski definition) is 1. The highest BCUT2D eigenvalue weighted by atomic mass is 35.5. The fourth-order valence-electron chi connectivity index (χ4n) is 2.02. The molecule has 0 atom stereocenters. The maximum Gasteiger partial charge on any atom is 0.238 e. The van der Waals surface area contributed by atoms with Crippen LogP contribution in [0.15, 0.2) is 42.5 Å². The Labute approximate surface area is 138 Å². The van der Waals surface area contributed by atoms with Crippen LogP contribution in [0.25, 0.3) is 0 Å². The molecule has 0 bridgehead atoms. The van der Waals surface area contributed by atoms with E-state index < -0.39 is 0 Å². The number of nitrogens with one attached hydrogen (secondary N) is 1. The van der Waals surface area contributed by atoms with Crippen molar-refractivity contribution in [1.82, 2.24) is 4.90 Å². The van der Waals surface area contributed by atoms with E-state index in [4.69, 9.17) is 23.2 Å². The van der Waals surface area contributed by atoms with Gasteiger partial charge in [0.15, 0.2) is 0 Å². The van der Waals surface area contributed by atoms with Crippen LogP contribution in [0.1, 0.15) is 5.56 Å². The molecule has 1 amide bonds. The first kappa shape index (κ1) is 16.7. The van der Waals surface area contributed by atoms with Crippen molar-refractivity contribution < 1.29 is 9.18 Å². The molecule has 0 heterocycles. The minimum atomic E-state index is -0.286. The third-order valence-corrected chi connectivity index (χ3v) is 3.70. The summed E-state index contributed by atoms with van der Waals surface area (Å²) < 4.78 is 13.1. The average Bonchev–Trinajstić information content (AvgIpc) is 2.42. The first-order valence-corrected chi connectivity index (χ1v) is 7.37. The summed E-state index contributed by atoms with van der Waals surface area (Å²) in [7, 11) is 1.79. The summed E-state index contributed by atoms with van der Waals surface area (Å²) in [5.74, 6) is -0.469. The van der Waals surface area contributed by atoms with Crippen LogP contribution < -0.4 is 5.32 Å². The van der Waals surface area contributed by atoms with Gasteiger partial charge >= 0.3 is 0 Å². The first-order valence-electron chi connectivity index (χ1n) is 6.62. The molecule has 116 valence electrons. The lowest BCUT2D eigenvalue weighted by molar-refractivity contribution is -0.117. The number of nitrogens with zero attached hydrogens (tertiary/aromatic N) is 1. The fraction of sp³-hybridized carbons (Fsp3) is 0.188. The van der Waals surface area contributed by atoms with Crippen LogP contribution >= 0.6 is 23.2 Å². The number of carbonyl (C=O) groups excluding carboxylic acids is 1. The van der Waals surface area contributed by atoms with Crippen molar-refractivity contribution >= 4 is 34.8 Å². The standard InChI is InChI=1S/C16H15Cl2FN2O/c1-21(9-11-3-2-4-12(19)7-11)10-16(22)20-13-5-6-14(17)15(18)8-13/h2-8H,9-10H2,1H3,(H,20,22). The van der Waals surface area contributed by atoms with E-state index in [-0.39, 0.29) is 18.3 Å². The minimum Gasteiger partial charge on any atom is -0.325 e. The lowest BCUT2D eigenvalue weighted by atomic mass is 10.2.